The molecule has 2 aromatic carbocycles. The van der Waals surface area contributed by atoms with Gasteiger partial charge in [0, 0.05) is 20.6 Å². The molecule has 0 unspecified atom stereocenters. The number of ether oxygens (including phenoxy) is 3. The molecule has 1 spiro atoms. The smallest absolute Gasteiger partial charge is 0.229 e. The lowest BCUT2D eigenvalue weighted by Crippen LogP contribution is -2.65. The Morgan fingerprint density at radius 2 is 1.94 bits per heavy atom. The fourth-order valence-corrected chi connectivity index (χ4v) is 4.72. The van der Waals surface area contributed by atoms with Crippen molar-refractivity contribution in [2.24, 2.45) is 0 Å². The number of carbonyl (C=O) groups is 1. The first-order valence-electron chi connectivity index (χ1n) is 11.3. The third kappa shape index (κ3) is 5.00. The number of aliphatic hydroxyl groups is 2. The lowest BCUT2D eigenvalue weighted by molar-refractivity contribution is -0.312. The summed E-state index contributed by atoms with van der Waals surface area (Å²) in [5.41, 5.74) is 1.47. The van der Waals surface area contributed by atoms with E-state index in [9.17, 15) is 19.4 Å². The van der Waals surface area contributed by atoms with Crippen LogP contribution in [0.4, 0.5) is 4.39 Å². The predicted octanol–water partition coefficient (Wildman–Crippen LogP) is 2.73. The van der Waals surface area contributed by atoms with E-state index < -0.39 is 30.2 Å². The standard InChI is InChI=1S/C26H30FNO6/c1-16(29)28-13-10-17-8-9-20(15-21(17)18-6-5-7-19(27)14-18)33-25-23(31)22(30)24(32-2)26(34-25)11-3-4-12-26/h3-9,14-15,22-25,30-31H,10-13H2,1-2H3,(H,28,29)/t22-,23+,24+,25+/m0/s1. The molecule has 0 saturated carbocycles. The Kier molecular flexibility index (Phi) is 7.33. The second-order valence-corrected chi connectivity index (χ2v) is 8.75. The lowest BCUT2D eigenvalue weighted by Gasteiger charge is -2.48. The second-order valence-electron chi connectivity index (χ2n) is 8.75. The fourth-order valence-electron chi connectivity index (χ4n) is 4.72. The number of hydrogen-bond acceptors (Lipinski definition) is 6. The number of hydrogen-bond donors (Lipinski definition) is 3. The molecule has 0 radical (unpaired) electrons. The van der Waals surface area contributed by atoms with Gasteiger partial charge >= 0.3 is 0 Å². The maximum atomic E-state index is 14.0. The van der Waals surface area contributed by atoms with Gasteiger partial charge in [0.2, 0.25) is 12.2 Å². The fraction of sp³-hybridized carbons (Fsp3) is 0.423. The third-order valence-electron chi connectivity index (χ3n) is 6.39. The van der Waals surface area contributed by atoms with Gasteiger partial charge in [0.05, 0.1) is 0 Å². The summed E-state index contributed by atoms with van der Waals surface area (Å²) in [6.07, 6.45) is 1.19. The average molecular weight is 472 g/mol. The van der Waals surface area contributed by atoms with Crippen LogP contribution in [0.15, 0.2) is 54.6 Å². The summed E-state index contributed by atoms with van der Waals surface area (Å²) >= 11 is 0. The molecule has 8 heteroatoms. The minimum Gasteiger partial charge on any atom is -0.462 e. The Morgan fingerprint density at radius 1 is 1.18 bits per heavy atom. The Morgan fingerprint density at radius 3 is 2.62 bits per heavy atom. The molecule has 2 aromatic rings. The van der Waals surface area contributed by atoms with Crippen molar-refractivity contribution in [3.05, 3.63) is 66.0 Å². The summed E-state index contributed by atoms with van der Waals surface area (Å²) in [4.78, 5) is 11.3. The van der Waals surface area contributed by atoms with Gasteiger partial charge in [-0.15, -0.1) is 0 Å². The van der Waals surface area contributed by atoms with E-state index in [1.54, 1.807) is 24.3 Å². The third-order valence-corrected chi connectivity index (χ3v) is 6.39. The number of aliphatic hydroxyl groups excluding tert-OH is 2. The molecule has 1 aliphatic carbocycles. The van der Waals surface area contributed by atoms with Crippen LogP contribution in [0.5, 0.6) is 5.75 Å². The van der Waals surface area contributed by atoms with Crippen LogP contribution in [0, 0.1) is 5.82 Å². The summed E-state index contributed by atoms with van der Waals surface area (Å²) < 4.78 is 31.6. The number of amides is 1. The number of methoxy groups -OCH3 is 1. The quantitative estimate of drug-likeness (QED) is 0.538. The molecular weight excluding hydrogens is 441 g/mol. The van der Waals surface area contributed by atoms with Crippen LogP contribution in [0.3, 0.4) is 0 Å². The molecule has 0 bridgehead atoms. The lowest BCUT2D eigenvalue weighted by atomic mass is 9.84. The van der Waals surface area contributed by atoms with Gasteiger partial charge in [-0.25, -0.2) is 4.39 Å². The van der Waals surface area contributed by atoms with Crippen LogP contribution in [-0.2, 0) is 20.7 Å². The molecule has 0 aromatic heterocycles. The monoisotopic (exact) mass is 471 g/mol. The minimum absolute atomic E-state index is 0.126. The minimum atomic E-state index is -1.33. The number of halogens is 1. The molecular formula is C26H30FNO6. The highest BCUT2D eigenvalue weighted by Crippen LogP contribution is 2.41. The first kappa shape index (κ1) is 24.3. The highest BCUT2D eigenvalue weighted by Gasteiger charge is 2.55. The van der Waals surface area contributed by atoms with Crippen LogP contribution in [-0.4, -0.2) is 60.0 Å². The van der Waals surface area contributed by atoms with Crippen LogP contribution >= 0.6 is 0 Å². The van der Waals surface area contributed by atoms with E-state index >= 15 is 0 Å². The highest BCUT2D eigenvalue weighted by molar-refractivity contribution is 5.73. The molecule has 1 aliphatic heterocycles. The van der Waals surface area contributed by atoms with Gasteiger partial charge in [0.25, 0.3) is 0 Å². The number of nitrogens with one attached hydrogen (secondary N) is 1. The summed E-state index contributed by atoms with van der Waals surface area (Å²) in [5.74, 6) is -0.0956. The summed E-state index contributed by atoms with van der Waals surface area (Å²) in [6.45, 7) is 1.89. The molecule has 1 fully saturated rings. The summed E-state index contributed by atoms with van der Waals surface area (Å²) in [5, 5.41) is 24.2. The van der Waals surface area contributed by atoms with Gasteiger partial charge in [0.1, 0.15) is 35.5 Å². The maximum absolute atomic E-state index is 14.0. The van der Waals surface area contributed by atoms with Crippen molar-refractivity contribution in [3.63, 3.8) is 0 Å². The van der Waals surface area contributed by atoms with Crippen LogP contribution < -0.4 is 10.1 Å². The van der Waals surface area contributed by atoms with Gasteiger partial charge in [0.15, 0.2) is 0 Å². The first-order chi connectivity index (χ1) is 16.3. The van der Waals surface area contributed by atoms with E-state index in [0.717, 1.165) is 11.1 Å². The van der Waals surface area contributed by atoms with Crippen LogP contribution in [0.25, 0.3) is 11.1 Å². The van der Waals surface area contributed by atoms with Gasteiger partial charge < -0.3 is 29.7 Å². The van der Waals surface area contributed by atoms with Crippen molar-refractivity contribution in [2.45, 2.75) is 56.4 Å². The van der Waals surface area contributed by atoms with Crippen molar-refractivity contribution in [1.29, 1.82) is 0 Å². The number of carbonyl (C=O) groups excluding carboxylic acids is 1. The van der Waals surface area contributed by atoms with E-state index in [4.69, 9.17) is 14.2 Å². The van der Waals surface area contributed by atoms with E-state index in [1.807, 2.05) is 18.2 Å². The Hall–Kier alpha value is -2.78. The van der Waals surface area contributed by atoms with E-state index in [0.29, 0.717) is 37.1 Å². The van der Waals surface area contributed by atoms with Crippen molar-refractivity contribution in [3.8, 4) is 16.9 Å². The van der Waals surface area contributed by atoms with Gasteiger partial charge in [-0.2, -0.15) is 0 Å². The molecule has 4 atom stereocenters. The Balaban J connectivity index is 1.61. The first-order valence-corrected chi connectivity index (χ1v) is 11.3. The predicted molar refractivity (Wildman–Crippen MR) is 124 cm³/mol. The second kappa shape index (κ2) is 10.2. The maximum Gasteiger partial charge on any atom is 0.229 e. The van der Waals surface area contributed by atoms with E-state index in [1.165, 1.54) is 26.2 Å². The molecule has 3 N–H and O–H groups in total. The average Bonchev–Trinajstić information content (AvgIpc) is 3.27. The number of benzene rings is 2. The van der Waals surface area contributed by atoms with Crippen molar-refractivity contribution < 1.29 is 33.6 Å². The Bertz CT molecular complexity index is 1050. The molecule has 4 rings (SSSR count). The van der Waals surface area contributed by atoms with E-state index in [-0.39, 0.29) is 11.7 Å². The SMILES string of the molecule is CO[C@@H]1[C@@H](O)[C@@H](O)[C@H](Oc2ccc(CCNC(C)=O)c(-c3cccc(F)c3)c2)OC12CC=CC2. The number of rotatable bonds is 7. The van der Waals surface area contributed by atoms with Gasteiger partial charge in [-0.3, -0.25) is 4.79 Å². The van der Waals surface area contributed by atoms with Crippen molar-refractivity contribution in [1.82, 2.24) is 5.32 Å². The zero-order valence-electron chi connectivity index (χ0n) is 19.2. The highest BCUT2D eigenvalue weighted by atomic mass is 19.1. The topological polar surface area (TPSA) is 97.3 Å². The Labute approximate surface area is 198 Å². The molecule has 7 nitrogen and oxygen atoms in total. The van der Waals surface area contributed by atoms with E-state index in [2.05, 4.69) is 5.32 Å². The normalized spacial score (nSPS) is 25.4. The van der Waals surface area contributed by atoms with Gasteiger partial charge in [-0.1, -0.05) is 30.4 Å². The zero-order valence-corrected chi connectivity index (χ0v) is 19.2. The van der Waals surface area contributed by atoms with Crippen LogP contribution in [0.1, 0.15) is 25.3 Å². The molecule has 34 heavy (non-hydrogen) atoms. The van der Waals surface area contributed by atoms with Gasteiger partial charge in [-0.05, 0) is 60.2 Å². The van der Waals surface area contributed by atoms with Crippen molar-refractivity contribution in [2.75, 3.05) is 13.7 Å². The largest absolute Gasteiger partial charge is 0.462 e. The summed E-state index contributed by atoms with van der Waals surface area (Å²) in [7, 11) is 1.48. The molecule has 1 saturated heterocycles. The molecule has 2 aliphatic rings. The summed E-state index contributed by atoms with van der Waals surface area (Å²) in [6, 6.07) is 11.5. The molecule has 1 heterocycles. The van der Waals surface area contributed by atoms with Crippen LogP contribution in [0.2, 0.25) is 0 Å². The molecule has 182 valence electrons. The van der Waals surface area contributed by atoms with Crippen molar-refractivity contribution >= 4 is 5.91 Å². The zero-order chi connectivity index (χ0) is 24.3. The molecule has 1 amide bonds.